The van der Waals surface area contributed by atoms with Gasteiger partial charge in [-0.15, -0.1) is 0 Å². The predicted molar refractivity (Wildman–Crippen MR) is 82.0 cm³/mol. The lowest BCUT2D eigenvalue weighted by molar-refractivity contribution is 0.437. The Hall–Kier alpha value is -1.21. The van der Waals surface area contributed by atoms with Crippen molar-refractivity contribution >= 4 is 11.6 Å². The summed E-state index contributed by atoms with van der Waals surface area (Å²) in [5.41, 5.74) is 3.14. The molecule has 1 aliphatic rings. The summed E-state index contributed by atoms with van der Waals surface area (Å²) in [7, 11) is 0. The van der Waals surface area contributed by atoms with Crippen LogP contribution in [0.5, 0.6) is 5.75 Å². The maximum atomic E-state index is 10.6. The van der Waals surface area contributed by atoms with E-state index in [2.05, 4.69) is 45.9 Å². The van der Waals surface area contributed by atoms with Crippen molar-refractivity contribution in [1.29, 1.82) is 0 Å². The number of rotatable bonds is 1. The molecule has 2 rings (SSSR count). The molecule has 0 amide bonds. The van der Waals surface area contributed by atoms with Gasteiger partial charge in [-0.25, -0.2) is 0 Å². The summed E-state index contributed by atoms with van der Waals surface area (Å²) in [4.78, 5) is 0. The fraction of sp³-hybridized carbons (Fsp3) is 0.412. The number of benzene rings is 1. The number of phenols is 1. The standard InChI is InChI=1S/C17H21ClO/c1-11-9-14(12-5-7-13(18)8-6-12)16(19)15(10-11)17(2,3)4/h5,7-10,12,19H,6H2,1-4H3. The van der Waals surface area contributed by atoms with E-state index < -0.39 is 0 Å². The largest absolute Gasteiger partial charge is 0.507 e. The number of aromatic hydroxyl groups is 1. The van der Waals surface area contributed by atoms with Gasteiger partial charge < -0.3 is 5.11 Å². The van der Waals surface area contributed by atoms with Gasteiger partial charge in [0.1, 0.15) is 5.75 Å². The van der Waals surface area contributed by atoms with Gasteiger partial charge in [-0.2, -0.15) is 0 Å². The monoisotopic (exact) mass is 276 g/mol. The Morgan fingerprint density at radius 3 is 2.47 bits per heavy atom. The van der Waals surface area contributed by atoms with Gasteiger partial charge in [0.05, 0.1) is 0 Å². The van der Waals surface area contributed by atoms with Crippen molar-refractivity contribution < 1.29 is 5.11 Å². The lowest BCUT2D eigenvalue weighted by Gasteiger charge is -2.25. The maximum Gasteiger partial charge on any atom is 0.123 e. The van der Waals surface area contributed by atoms with Gasteiger partial charge >= 0.3 is 0 Å². The number of aryl methyl sites for hydroxylation is 1. The predicted octanol–water partition coefficient (Wildman–Crippen LogP) is 5.16. The Bertz CT molecular complexity index is 547. The highest BCUT2D eigenvalue weighted by atomic mass is 35.5. The third kappa shape index (κ3) is 3.03. The Morgan fingerprint density at radius 1 is 1.26 bits per heavy atom. The van der Waals surface area contributed by atoms with Crippen LogP contribution in [0.1, 0.15) is 49.8 Å². The summed E-state index contributed by atoms with van der Waals surface area (Å²) in [6, 6.07) is 4.15. The second kappa shape index (κ2) is 5.05. The highest BCUT2D eigenvalue weighted by Gasteiger charge is 2.23. The van der Waals surface area contributed by atoms with Crippen LogP contribution in [0.4, 0.5) is 0 Å². The van der Waals surface area contributed by atoms with Crippen molar-refractivity contribution in [3.05, 3.63) is 52.1 Å². The van der Waals surface area contributed by atoms with E-state index in [0.717, 1.165) is 22.6 Å². The Kier molecular flexibility index (Phi) is 3.78. The normalized spacial score (nSPS) is 19.4. The minimum Gasteiger partial charge on any atom is -0.507 e. The first-order chi connectivity index (χ1) is 8.79. The van der Waals surface area contributed by atoms with E-state index in [-0.39, 0.29) is 11.3 Å². The molecule has 0 fully saturated rings. The second-order valence-electron chi connectivity index (χ2n) is 6.29. The van der Waals surface area contributed by atoms with Crippen LogP contribution in [0.3, 0.4) is 0 Å². The lowest BCUT2D eigenvalue weighted by Crippen LogP contribution is -2.13. The fourth-order valence-corrected chi connectivity index (χ4v) is 2.65. The average Bonchev–Trinajstić information content (AvgIpc) is 2.31. The molecular weight excluding hydrogens is 256 g/mol. The van der Waals surface area contributed by atoms with E-state index in [4.69, 9.17) is 11.6 Å². The molecule has 0 aromatic heterocycles. The Labute approximate surface area is 120 Å². The molecule has 1 aromatic carbocycles. The molecule has 0 saturated carbocycles. The molecule has 1 aromatic rings. The zero-order valence-electron chi connectivity index (χ0n) is 12.0. The summed E-state index contributed by atoms with van der Waals surface area (Å²) < 4.78 is 0. The molecular formula is C17H21ClO. The van der Waals surface area contributed by atoms with Gasteiger partial charge in [-0.3, -0.25) is 0 Å². The number of allylic oxidation sites excluding steroid dienone is 4. The van der Waals surface area contributed by atoms with Crippen LogP contribution in [0.25, 0.3) is 0 Å². The fourth-order valence-electron chi connectivity index (χ4n) is 2.49. The van der Waals surface area contributed by atoms with Gasteiger partial charge in [0.15, 0.2) is 0 Å². The molecule has 2 heteroatoms. The van der Waals surface area contributed by atoms with Crippen LogP contribution in [0.2, 0.25) is 0 Å². The second-order valence-corrected chi connectivity index (χ2v) is 6.73. The van der Waals surface area contributed by atoms with Crippen molar-refractivity contribution in [2.75, 3.05) is 0 Å². The Balaban J connectivity index is 2.48. The van der Waals surface area contributed by atoms with Gasteiger partial charge in [0.25, 0.3) is 0 Å². The van der Waals surface area contributed by atoms with E-state index in [0.29, 0.717) is 5.75 Å². The lowest BCUT2D eigenvalue weighted by atomic mass is 9.81. The first-order valence-electron chi connectivity index (χ1n) is 6.67. The van der Waals surface area contributed by atoms with Crippen LogP contribution in [-0.2, 0) is 5.41 Å². The Morgan fingerprint density at radius 2 is 1.95 bits per heavy atom. The SMILES string of the molecule is Cc1cc(C2C=CC(Cl)=CC2)c(O)c(C(C)(C)C)c1. The molecule has 0 bridgehead atoms. The van der Waals surface area contributed by atoms with Gasteiger partial charge in [-0.1, -0.05) is 62.2 Å². The molecule has 0 radical (unpaired) electrons. The number of halogens is 1. The molecule has 0 saturated heterocycles. The van der Waals surface area contributed by atoms with Gasteiger partial charge in [0, 0.05) is 16.5 Å². The zero-order valence-corrected chi connectivity index (χ0v) is 12.8. The third-order valence-corrected chi connectivity index (χ3v) is 3.83. The smallest absolute Gasteiger partial charge is 0.123 e. The zero-order chi connectivity index (χ0) is 14.2. The third-order valence-electron chi connectivity index (χ3n) is 3.55. The summed E-state index contributed by atoms with van der Waals surface area (Å²) in [6.45, 7) is 8.45. The van der Waals surface area contributed by atoms with E-state index >= 15 is 0 Å². The first-order valence-corrected chi connectivity index (χ1v) is 7.04. The highest BCUT2D eigenvalue weighted by molar-refractivity contribution is 6.31. The minimum absolute atomic E-state index is 0.0588. The van der Waals surface area contributed by atoms with Crippen LogP contribution in [-0.4, -0.2) is 5.11 Å². The van der Waals surface area contributed by atoms with E-state index in [1.807, 2.05) is 12.2 Å². The number of hydrogen-bond donors (Lipinski definition) is 1. The first kappa shape index (κ1) is 14.2. The highest BCUT2D eigenvalue weighted by Crippen LogP contribution is 2.40. The van der Waals surface area contributed by atoms with E-state index in [9.17, 15) is 5.11 Å². The van der Waals surface area contributed by atoms with E-state index in [1.165, 1.54) is 5.56 Å². The van der Waals surface area contributed by atoms with Crippen molar-refractivity contribution in [2.24, 2.45) is 0 Å². The van der Waals surface area contributed by atoms with Crippen LogP contribution < -0.4 is 0 Å². The van der Waals surface area contributed by atoms with Crippen molar-refractivity contribution in [3.63, 3.8) is 0 Å². The molecule has 1 aliphatic carbocycles. The van der Waals surface area contributed by atoms with Crippen molar-refractivity contribution in [2.45, 2.75) is 45.4 Å². The topological polar surface area (TPSA) is 20.2 Å². The molecule has 0 spiro atoms. The van der Waals surface area contributed by atoms with Crippen LogP contribution in [0.15, 0.2) is 35.4 Å². The van der Waals surface area contributed by atoms with Crippen molar-refractivity contribution in [3.8, 4) is 5.75 Å². The molecule has 0 aliphatic heterocycles. The molecule has 102 valence electrons. The van der Waals surface area contributed by atoms with Gasteiger partial charge in [0.2, 0.25) is 0 Å². The van der Waals surface area contributed by atoms with E-state index in [1.54, 1.807) is 0 Å². The molecule has 1 N–H and O–H groups in total. The minimum atomic E-state index is -0.0588. The molecule has 1 nitrogen and oxygen atoms in total. The quantitative estimate of drug-likeness (QED) is 0.751. The summed E-state index contributed by atoms with van der Waals surface area (Å²) in [5.74, 6) is 0.641. The van der Waals surface area contributed by atoms with Crippen LogP contribution in [0, 0.1) is 6.92 Å². The molecule has 19 heavy (non-hydrogen) atoms. The summed E-state index contributed by atoms with van der Waals surface area (Å²) >= 11 is 5.96. The molecule has 1 unspecified atom stereocenters. The number of phenolic OH excluding ortho intramolecular Hbond substituents is 1. The maximum absolute atomic E-state index is 10.6. The average molecular weight is 277 g/mol. The molecule has 0 heterocycles. The summed E-state index contributed by atoms with van der Waals surface area (Å²) in [6.07, 6.45) is 6.83. The number of hydrogen-bond acceptors (Lipinski definition) is 1. The van der Waals surface area contributed by atoms with Crippen molar-refractivity contribution in [1.82, 2.24) is 0 Å². The molecule has 1 atom stereocenters. The van der Waals surface area contributed by atoms with Gasteiger partial charge in [-0.05, 0) is 30.4 Å². The van der Waals surface area contributed by atoms with Crippen LogP contribution >= 0.6 is 11.6 Å². The summed E-state index contributed by atoms with van der Waals surface area (Å²) in [5, 5.41) is 11.4.